The Kier molecular flexibility index (Phi) is 6.36. The average Bonchev–Trinajstić information content (AvgIpc) is 2.42. The van der Waals surface area contributed by atoms with Crippen LogP contribution < -0.4 is 9.47 Å². The van der Waals surface area contributed by atoms with Gasteiger partial charge in [-0.2, -0.15) is 0 Å². The maximum absolute atomic E-state index is 11.2. The summed E-state index contributed by atoms with van der Waals surface area (Å²) < 4.78 is 10.8. The van der Waals surface area contributed by atoms with Crippen LogP contribution in [-0.4, -0.2) is 44.0 Å². The van der Waals surface area contributed by atoms with Crippen LogP contribution in [0.2, 0.25) is 0 Å². The first kappa shape index (κ1) is 14.6. The Balaban J connectivity index is 2.31. The number of methoxy groups -OCH3 is 1. The van der Waals surface area contributed by atoms with Crippen LogP contribution in [0.1, 0.15) is 6.42 Å². The molecule has 0 aliphatic heterocycles. The molecule has 0 saturated carbocycles. The second-order valence-corrected chi connectivity index (χ2v) is 4.07. The molecule has 0 radical (unpaired) electrons. The predicted octanol–water partition coefficient (Wildman–Crippen LogP) is 2.16. The molecule has 0 unspecified atom stereocenters. The second-order valence-electron chi connectivity index (χ2n) is 3.80. The minimum absolute atomic E-state index is 0.0177. The number of rotatable bonds is 7. The van der Waals surface area contributed by atoms with Crippen LogP contribution in [0.15, 0.2) is 24.3 Å². The Labute approximate surface area is 112 Å². The Hall–Kier alpha value is -1.42. The maximum atomic E-state index is 11.2. The number of halogens is 1. The van der Waals surface area contributed by atoms with Gasteiger partial charge in [0.1, 0.15) is 5.88 Å². The normalized spacial score (nSPS) is 9.94. The number of benzene rings is 1. The van der Waals surface area contributed by atoms with E-state index in [-0.39, 0.29) is 11.8 Å². The SMILES string of the molecule is COc1ccccc1OCCCN(C)C(=O)CCl. The Bertz CT molecular complexity index is 384. The highest BCUT2D eigenvalue weighted by Crippen LogP contribution is 2.25. The molecule has 0 heterocycles. The summed E-state index contributed by atoms with van der Waals surface area (Å²) >= 11 is 5.46. The fraction of sp³-hybridized carbons (Fsp3) is 0.462. The molecular weight excluding hydrogens is 254 g/mol. The highest BCUT2D eigenvalue weighted by molar-refractivity contribution is 6.27. The predicted molar refractivity (Wildman–Crippen MR) is 71.5 cm³/mol. The number of carbonyl (C=O) groups excluding carboxylic acids is 1. The summed E-state index contributed by atoms with van der Waals surface area (Å²) in [5.74, 6) is 1.37. The van der Waals surface area contributed by atoms with Gasteiger partial charge in [-0.3, -0.25) is 4.79 Å². The van der Waals surface area contributed by atoms with Gasteiger partial charge in [-0.05, 0) is 18.6 Å². The van der Waals surface area contributed by atoms with Gasteiger partial charge in [0, 0.05) is 13.6 Å². The van der Waals surface area contributed by atoms with Crippen molar-refractivity contribution in [2.75, 3.05) is 33.2 Å². The lowest BCUT2D eigenvalue weighted by atomic mass is 10.3. The molecule has 5 heteroatoms. The molecule has 0 bridgehead atoms. The smallest absolute Gasteiger partial charge is 0.237 e. The van der Waals surface area contributed by atoms with Gasteiger partial charge in [0.2, 0.25) is 5.91 Å². The zero-order valence-corrected chi connectivity index (χ0v) is 11.4. The summed E-state index contributed by atoms with van der Waals surface area (Å²) in [5.41, 5.74) is 0. The first-order valence-corrected chi connectivity index (χ1v) is 6.28. The molecule has 1 rings (SSSR count). The number of nitrogens with zero attached hydrogens (tertiary/aromatic N) is 1. The van der Waals surface area contributed by atoms with Gasteiger partial charge < -0.3 is 14.4 Å². The van der Waals surface area contributed by atoms with Crippen molar-refractivity contribution in [1.29, 1.82) is 0 Å². The minimum atomic E-state index is -0.0750. The van der Waals surface area contributed by atoms with Crippen LogP contribution >= 0.6 is 11.6 Å². The van der Waals surface area contributed by atoms with Crippen molar-refractivity contribution in [3.05, 3.63) is 24.3 Å². The van der Waals surface area contributed by atoms with Crippen molar-refractivity contribution in [3.8, 4) is 11.5 Å². The number of amides is 1. The highest BCUT2D eigenvalue weighted by atomic mass is 35.5. The van der Waals surface area contributed by atoms with E-state index in [0.29, 0.717) is 24.7 Å². The molecule has 0 aliphatic carbocycles. The van der Waals surface area contributed by atoms with Gasteiger partial charge in [-0.25, -0.2) is 0 Å². The van der Waals surface area contributed by atoms with E-state index in [2.05, 4.69) is 0 Å². The number of ether oxygens (including phenoxy) is 2. The molecule has 0 aromatic heterocycles. The van der Waals surface area contributed by atoms with E-state index in [9.17, 15) is 4.79 Å². The van der Waals surface area contributed by atoms with Gasteiger partial charge >= 0.3 is 0 Å². The molecule has 0 N–H and O–H groups in total. The summed E-state index contributed by atoms with van der Waals surface area (Å²) in [5, 5.41) is 0. The number of hydrogen-bond acceptors (Lipinski definition) is 3. The van der Waals surface area contributed by atoms with Crippen molar-refractivity contribution >= 4 is 17.5 Å². The van der Waals surface area contributed by atoms with Crippen molar-refractivity contribution in [1.82, 2.24) is 4.90 Å². The molecule has 18 heavy (non-hydrogen) atoms. The third-order valence-corrected chi connectivity index (χ3v) is 2.73. The third kappa shape index (κ3) is 4.45. The van der Waals surface area contributed by atoms with Crippen molar-refractivity contribution in [2.45, 2.75) is 6.42 Å². The Morgan fingerprint density at radius 1 is 1.33 bits per heavy atom. The molecule has 1 aromatic carbocycles. The largest absolute Gasteiger partial charge is 0.493 e. The highest BCUT2D eigenvalue weighted by Gasteiger charge is 2.06. The van der Waals surface area contributed by atoms with Crippen molar-refractivity contribution < 1.29 is 14.3 Å². The first-order valence-electron chi connectivity index (χ1n) is 5.74. The molecule has 1 aromatic rings. The molecule has 1 amide bonds. The van der Waals surface area contributed by atoms with E-state index in [4.69, 9.17) is 21.1 Å². The molecular formula is C13H18ClNO3. The zero-order valence-electron chi connectivity index (χ0n) is 10.7. The van der Waals surface area contributed by atoms with E-state index < -0.39 is 0 Å². The summed E-state index contributed by atoms with van der Waals surface area (Å²) in [6.07, 6.45) is 0.747. The molecule has 4 nitrogen and oxygen atoms in total. The molecule has 0 spiro atoms. The van der Waals surface area contributed by atoms with Crippen LogP contribution in [0.4, 0.5) is 0 Å². The van der Waals surface area contributed by atoms with Crippen molar-refractivity contribution in [3.63, 3.8) is 0 Å². The summed E-state index contributed by atoms with van der Waals surface area (Å²) in [7, 11) is 3.34. The summed E-state index contributed by atoms with van der Waals surface area (Å²) in [6, 6.07) is 7.48. The van der Waals surface area contributed by atoms with E-state index in [0.717, 1.165) is 6.42 Å². The van der Waals surface area contributed by atoms with E-state index in [1.807, 2.05) is 24.3 Å². The maximum Gasteiger partial charge on any atom is 0.237 e. The van der Waals surface area contributed by atoms with Crippen LogP contribution in [0.3, 0.4) is 0 Å². The van der Waals surface area contributed by atoms with E-state index >= 15 is 0 Å². The lowest BCUT2D eigenvalue weighted by molar-refractivity contribution is -0.127. The van der Waals surface area contributed by atoms with Crippen LogP contribution in [-0.2, 0) is 4.79 Å². The Morgan fingerprint density at radius 2 is 2.00 bits per heavy atom. The van der Waals surface area contributed by atoms with E-state index in [1.54, 1.807) is 19.1 Å². The standard InChI is InChI=1S/C13H18ClNO3/c1-15(13(16)10-14)8-5-9-18-12-7-4-3-6-11(12)17-2/h3-4,6-7H,5,8-10H2,1-2H3. The fourth-order valence-corrected chi connectivity index (χ4v) is 1.65. The van der Waals surface area contributed by atoms with Gasteiger partial charge in [0.15, 0.2) is 11.5 Å². The Morgan fingerprint density at radius 3 is 2.61 bits per heavy atom. The minimum Gasteiger partial charge on any atom is -0.493 e. The van der Waals surface area contributed by atoms with Crippen LogP contribution in [0, 0.1) is 0 Å². The topological polar surface area (TPSA) is 38.8 Å². The number of para-hydroxylation sites is 2. The zero-order chi connectivity index (χ0) is 13.4. The van der Waals surface area contributed by atoms with Gasteiger partial charge in [-0.1, -0.05) is 12.1 Å². The monoisotopic (exact) mass is 271 g/mol. The van der Waals surface area contributed by atoms with Gasteiger partial charge in [0.25, 0.3) is 0 Å². The number of alkyl halides is 1. The number of hydrogen-bond donors (Lipinski definition) is 0. The summed E-state index contributed by atoms with van der Waals surface area (Å²) in [4.78, 5) is 12.8. The molecule has 0 aliphatic rings. The quantitative estimate of drug-likeness (QED) is 0.563. The summed E-state index contributed by atoms with van der Waals surface area (Å²) in [6.45, 7) is 1.15. The van der Waals surface area contributed by atoms with Crippen molar-refractivity contribution in [2.24, 2.45) is 0 Å². The van der Waals surface area contributed by atoms with E-state index in [1.165, 1.54) is 0 Å². The molecule has 0 fully saturated rings. The lowest BCUT2D eigenvalue weighted by Gasteiger charge is -2.16. The average molecular weight is 272 g/mol. The third-order valence-electron chi connectivity index (χ3n) is 2.50. The van der Waals surface area contributed by atoms with Gasteiger partial charge in [-0.15, -0.1) is 11.6 Å². The molecule has 0 atom stereocenters. The van der Waals surface area contributed by atoms with Crippen LogP contribution in [0.25, 0.3) is 0 Å². The molecule has 100 valence electrons. The second kappa shape index (κ2) is 7.82. The number of carbonyl (C=O) groups is 1. The van der Waals surface area contributed by atoms with Gasteiger partial charge in [0.05, 0.1) is 13.7 Å². The van der Waals surface area contributed by atoms with Crippen LogP contribution in [0.5, 0.6) is 11.5 Å². The molecule has 0 saturated heterocycles. The lowest BCUT2D eigenvalue weighted by Crippen LogP contribution is -2.29. The first-order chi connectivity index (χ1) is 8.69. The fourth-order valence-electron chi connectivity index (χ4n) is 1.45.